The second-order valence-corrected chi connectivity index (χ2v) is 7.12. The van der Waals surface area contributed by atoms with Crippen LogP contribution in [0.5, 0.6) is 0 Å². The van der Waals surface area contributed by atoms with Gasteiger partial charge in [0.25, 0.3) is 0 Å². The lowest BCUT2D eigenvalue weighted by Crippen LogP contribution is -2.27. The molecule has 1 aromatic carbocycles. The van der Waals surface area contributed by atoms with E-state index in [1.165, 1.54) is 12.0 Å². The number of nitrogens with one attached hydrogen (secondary N) is 1. The molecule has 0 aliphatic carbocycles. The molecule has 4 nitrogen and oxygen atoms in total. The summed E-state index contributed by atoms with van der Waals surface area (Å²) in [7, 11) is 0. The third kappa shape index (κ3) is 7.62. The van der Waals surface area contributed by atoms with Gasteiger partial charge in [-0.15, -0.1) is 0 Å². The van der Waals surface area contributed by atoms with Gasteiger partial charge in [0, 0.05) is 6.42 Å². The van der Waals surface area contributed by atoms with Crippen molar-refractivity contribution < 1.29 is 14.3 Å². The Kier molecular flexibility index (Phi) is 8.51. The molecule has 1 N–H and O–H groups in total. The molecule has 0 aromatic heterocycles. The Balaban J connectivity index is 2.25. The molecule has 0 unspecified atom stereocenters. The van der Waals surface area contributed by atoms with E-state index in [0.717, 1.165) is 19.3 Å². The number of hydrogen-bond donors (Lipinski definition) is 1. The summed E-state index contributed by atoms with van der Waals surface area (Å²) in [6.07, 6.45) is 4.87. The third-order valence-corrected chi connectivity index (χ3v) is 3.90. The van der Waals surface area contributed by atoms with Crippen molar-refractivity contribution in [2.75, 3.05) is 13.2 Å². The number of esters is 1. The van der Waals surface area contributed by atoms with Crippen LogP contribution in [0.4, 0.5) is 0 Å². The van der Waals surface area contributed by atoms with Crippen molar-refractivity contribution in [2.24, 2.45) is 0 Å². The van der Waals surface area contributed by atoms with Gasteiger partial charge in [-0.05, 0) is 29.5 Å². The smallest absolute Gasteiger partial charge is 0.338 e. The topological polar surface area (TPSA) is 55.4 Å². The minimum Gasteiger partial charge on any atom is -0.460 e. The molecule has 1 amide bonds. The molecule has 0 saturated heterocycles. The first-order valence-corrected chi connectivity index (χ1v) is 8.89. The number of carbonyl (C=O) groups is 2. The highest BCUT2D eigenvalue weighted by molar-refractivity contribution is 5.89. The molecule has 0 fully saturated rings. The van der Waals surface area contributed by atoms with Gasteiger partial charge in [0.2, 0.25) is 5.91 Å². The number of ether oxygens (including phenoxy) is 1. The summed E-state index contributed by atoms with van der Waals surface area (Å²) < 4.78 is 5.19. The lowest BCUT2D eigenvalue weighted by atomic mass is 9.87. The Bertz CT molecular complexity index is 515. The maximum absolute atomic E-state index is 12.0. The normalized spacial score (nSPS) is 11.2. The van der Waals surface area contributed by atoms with Crippen LogP contribution in [-0.4, -0.2) is 25.0 Å². The van der Waals surface area contributed by atoms with Crippen LogP contribution in [0.1, 0.15) is 75.7 Å². The Morgan fingerprint density at radius 1 is 1.04 bits per heavy atom. The Labute approximate surface area is 146 Å². The summed E-state index contributed by atoms with van der Waals surface area (Å²) >= 11 is 0. The Morgan fingerprint density at radius 2 is 1.71 bits per heavy atom. The highest BCUT2D eigenvalue weighted by Gasteiger charge is 2.14. The van der Waals surface area contributed by atoms with Crippen LogP contribution < -0.4 is 5.32 Å². The van der Waals surface area contributed by atoms with Gasteiger partial charge in [-0.2, -0.15) is 0 Å². The molecule has 0 saturated carbocycles. The fraction of sp³-hybridized carbons (Fsp3) is 0.600. The lowest BCUT2D eigenvalue weighted by Gasteiger charge is -2.18. The van der Waals surface area contributed by atoms with Crippen LogP contribution in [0.2, 0.25) is 0 Å². The van der Waals surface area contributed by atoms with Crippen molar-refractivity contribution in [3.63, 3.8) is 0 Å². The summed E-state index contributed by atoms with van der Waals surface area (Å²) in [5.41, 5.74) is 1.77. The first-order chi connectivity index (χ1) is 11.3. The van der Waals surface area contributed by atoms with Gasteiger partial charge in [0.1, 0.15) is 6.61 Å². The Hall–Kier alpha value is -1.84. The monoisotopic (exact) mass is 333 g/mol. The fourth-order valence-corrected chi connectivity index (χ4v) is 2.32. The first kappa shape index (κ1) is 20.2. The standard InChI is InChI=1S/C20H31NO3/c1-5-6-7-8-9-18(22)21-14-15-24-19(23)16-10-12-17(13-11-16)20(2,3)4/h10-13H,5-9,14-15H2,1-4H3,(H,21,22). The van der Waals surface area contributed by atoms with Gasteiger partial charge in [-0.1, -0.05) is 59.1 Å². The molecule has 0 aliphatic heterocycles. The average molecular weight is 333 g/mol. The quantitative estimate of drug-likeness (QED) is 0.543. The van der Waals surface area contributed by atoms with E-state index in [1.807, 2.05) is 12.1 Å². The zero-order valence-electron chi connectivity index (χ0n) is 15.5. The van der Waals surface area contributed by atoms with E-state index in [4.69, 9.17) is 4.74 Å². The maximum Gasteiger partial charge on any atom is 0.338 e. The zero-order chi connectivity index (χ0) is 18.0. The van der Waals surface area contributed by atoms with Crippen molar-refractivity contribution in [1.82, 2.24) is 5.32 Å². The molecule has 24 heavy (non-hydrogen) atoms. The molecule has 0 bridgehead atoms. The summed E-state index contributed by atoms with van der Waals surface area (Å²) in [5, 5.41) is 2.78. The van der Waals surface area contributed by atoms with E-state index < -0.39 is 0 Å². The van der Waals surface area contributed by atoms with E-state index in [0.29, 0.717) is 18.5 Å². The number of carbonyl (C=O) groups excluding carboxylic acids is 2. The highest BCUT2D eigenvalue weighted by atomic mass is 16.5. The molecule has 0 atom stereocenters. The summed E-state index contributed by atoms with van der Waals surface area (Å²) in [4.78, 5) is 23.6. The van der Waals surface area contributed by atoms with Crippen LogP contribution in [0, 0.1) is 0 Å². The van der Waals surface area contributed by atoms with E-state index in [1.54, 1.807) is 12.1 Å². The molecule has 1 rings (SSSR count). The minimum atomic E-state index is -0.354. The first-order valence-electron chi connectivity index (χ1n) is 8.89. The SMILES string of the molecule is CCCCCCC(=O)NCCOC(=O)c1ccc(C(C)(C)C)cc1. The van der Waals surface area contributed by atoms with E-state index in [-0.39, 0.29) is 23.9 Å². The van der Waals surface area contributed by atoms with Gasteiger partial charge >= 0.3 is 5.97 Å². The van der Waals surface area contributed by atoms with Crippen molar-refractivity contribution in [3.05, 3.63) is 35.4 Å². The van der Waals surface area contributed by atoms with Crippen LogP contribution in [-0.2, 0) is 14.9 Å². The second kappa shape index (κ2) is 10.1. The molecule has 0 radical (unpaired) electrons. The molecule has 0 aliphatic rings. The predicted molar refractivity (Wildman–Crippen MR) is 97.2 cm³/mol. The van der Waals surface area contributed by atoms with Crippen molar-refractivity contribution in [2.45, 2.75) is 65.2 Å². The summed E-state index contributed by atoms with van der Waals surface area (Å²) in [5.74, 6) is -0.329. The minimum absolute atomic E-state index is 0.0247. The Morgan fingerprint density at radius 3 is 2.29 bits per heavy atom. The number of amides is 1. The summed E-state index contributed by atoms with van der Waals surface area (Å²) in [6, 6.07) is 7.48. The molecule has 4 heteroatoms. The number of benzene rings is 1. The van der Waals surface area contributed by atoms with Crippen molar-refractivity contribution in [1.29, 1.82) is 0 Å². The van der Waals surface area contributed by atoms with Crippen LogP contribution in [0.25, 0.3) is 0 Å². The van der Waals surface area contributed by atoms with Crippen LogP contribution in [0.3, 0.4) is 0 Å². The summed E-state index contributed by atoms with van der Waals surface area (Å²) in [6.45, 7) is 9.09. The van der Waals surface area contributed by atoms with Gasteiger partial charge in [0.15, 0.2) is 0 Å². The second-order valence-electron chi connectivity index (χ2n) is 7.12. The molecule has 1 aromatic rings. The maximum atomic E-state index is 12.0. The fourth-order valence-electron chi connectivity index (χ4n) is 2.32. The van der Waals surface area contributed by atoms with E-state index >= 15 is 0 Å². The predicted octanol–water partition coefficient (Wildman–Crippen LogP) is 4.23. The van der Waals surface area contributed by atoms with Crippen molar-refractivity contribution in [3.8, 4) is 0 Å². The molecular weight excluding hydrogens is 302 g/mol. The molecule has 0 spiro atoms. The number of rotatable bonds is 9. The number of unbranched alkanes of at least 4 members (excludes halogenated alkanes) is 3. The van der Waals surface area contributed by atoms with Gasteiger partial charge in [-0.3, -0.25) is 4.79 Å². The number of hydrogen-bond acceptors (Lipinski definition) is 3. The molecule has 134 valence electrons. The average Bonchev–Trinajstić information content (AvgIpc) is 2.55. The largest absolute Gasteiger partial charge is 0.460 e. The van der Waals surface area contributed by atoms with Crippen LogP contribution >= 0.6 is 0 Å². The van der Waals surface area contributed by atoms with E-state index in [2.05, 4.69) is 33.0 Å². The highest BCUT2D eigenvalue weighted by Crippen LogP contribution is 2.22. The van der Waals surface area contributed by atoms with Crippen LogP contribution in [0.15, 0.2) is 24.3 Å². The van der Waals surface area contributed by atoms with Gasteiger partial charge in [0.05, 0.1) is 12.1 Å². The van der Waals surface area contributed by atoms with Gasteiger partial charge < -0.3 is 10.1 Å². The van der Waals surface area contributed by atoms with E-state index in [9.17, 15) is 9.59 Å². The third-order valence-electron chi connectivity index (χ3n) is 3.90. The van der Waals surface area contributed by atoms with Crippen molar-refractivity contribution >= 4 is 11.9 Å². The molecular formula is C20H31NO3. The van der Waals surface area contributed by atoms with Gasteiger partial charge in [-0.25, -0.2) is 4.79 Å². The molecule has 0 heterocycles. The lowest BCUT2D eigenvalue weighted by molar-refractivity contribution is -0.121. The zero-order valence-corrected chi connectivity index (χ0v) is 15.5.